The molecule has 1 fully saturated rings. The van der Waals surface area contributed by atoms with E-state index < -0.39 is 0 Å². The number of benzene rings is 3. The van der Waals surface area contributed by atoms with E-state index >= 15 is 0 Å². The van der Waals surface area contributed by atoms with Crippen molar-refractivity contribution in [3.05, 3.63) is 101 Å². The lowest BCUT2D eigenvalue weighted by molar-refractivity contribution is 0.828. The number of anilines is 1. The molecular formula is C26H29N. The molecule has 0 aliphatic carbocycles. The first kappa shape index (κ1) is 17.9. The quantitative estimate of drug-likeness (QED) is 0.436. The molecule has 0 unspecified atom stereocenters. The Morgan fingerprint density at radius 2 is 0.963 bits per heavy atom. The van der Waals surface area contributed by atoms with Crippen LogP contribution in [-0.4, -0.2) is 0 Å². The van der Waals surface area contributed by atoms with Crippen molar-refractivity contribution >= 4 is 5.69 Å². The molecule has 0 saturated carbocycles. The first-order chi connectivity index (χ1) is 13.1. The Kier molecular flexibility index (Phi) is 4.78. The van der Waals surface area contributed by atoms with Gasteiger partial charge in [-0.3, -0.25) is 0 Å². The van der Waals surface area contributed by atoms with Gasteiger partial charge in [0.15, 0.2) is 0 Å². The van der Waals surface area contributed by atoms with Gasteiger partial charge in [-0.2, -0.15) is 0 Å². The minimum Gasteiger partial charge on any atom is -0.352 e. The summed E-state index contributed by atoms with van der Waals surface area (Å²) in [5, 5.41) is 0. The van der Waals surface area contributed by atoms with Crippen molar-refractivity contribution in [2.45, 2.75) is 51.6 Å². The highest BCUT2D eigenvalue weighted by Gasteiger charge is 2.51. The molecule has 1 saturated heterocycles. The molecule has 1 heterocycles. The summed E-state index contributed by atoms with van der Waals surface area (Å²) in [5.74, 6) is 1.01. The molecule has 2 atom stereocenters. The molecule has 0 aromatic heterocycles. The molecule has 0 amide bonds. The Balaban J connectivity index is 1.86. The van der Waals surface area contributed by atoms with Gasteiger partial charge in [-0.15, -0.1) is 0 Å². The van der Waals surface area contributed by atoms with Crippen LogP contribution in [0.4, 0.5) is 5.69 Å². The topological polar surface area (TPSA) is 3.01 Å². The number of hydrogen-bond donors (Lipinski definition) is 0. The van der Waals surface area contributed by atoms with Gasteiger partial charge in [-0.25, -0.2) is 0 Å². The second kappa shape index (κ2) is 7.23. The summed E-state index contributed by atoms with van der Waals surface area (Å²) in [4.78, 5) is 2.65. The lowest BCUT2D eigenvalue weighted by Crippen LogP contribution is -2.07. The van der Waals surface area contributed by atoms with E-state index in [2.05, 4.69) is 111 Å². The Bertz CT molecular complexity index is 824. The SMILES string of the molecule is CC(C)c1cccc(C(C)C)c1N1[C@@H](c2ccccc2)[C@@H]1c1ccccc1. The molecule has 3 aromatic carbocycles. The second-order valence-electron chi connectivity index (χ2n) is 8.21. The maximum absolute atomic E-state index is 2.65. The summed E-state index contributed by atoms with van der Waals surface area (Å²) in [5.41, 5.74) is 7.17. The number of hydrogen-bond acceptors (Lipinski definition) is 1. The molecule has 0 spiro atoms. The summed E-state index contributed by atoms with van der Waals surface area (Å²) in [7, 11) is 0. The number of para-hydroxylation sites is 1. The Morgan fingerprint density at radius 3 is 1.33 bits per heavy atom. The summed E-state index contributed by atoms with van der Waals surface area (Å²) in [6.45, 7) is 9.23. The third kappa shape index (κ3) is 3.27. The lowest BCUT2D eigenvalue weighted by Gasteiger charge is -2.22. The molecule has 0 radical (unpaired) electrons. The van der Waals surface area contributed by atoms with Gasteiger partial charge in [-0.05, 0) is 34.1 Å². The molecule has 1 aliphatic rings. The Morgan fingerprint density at radius 1 is 0.556 bits per heavy atom. The van der Waals surface area contributed by atoms with Crippen molar-refractivity contribution in [1.82, 2.24) is 0 Å². The number of rotatable bonds is 5. The predicted octanol–water partition coefficient (Wildman–Crippen LogP) is 7.24. The van der Waals surface area contributed by atoms with Crippen molar-refractivity contribution in [2.75, 3.05) is 4.90 Å². The van der Waals surface area contributed by atoms with Crippen molar-refractivity contribution in [1.29, 1.82) is 0 Å². The smallest absolute Gasteiger partial charge is 0.0796 e. The fourth-order valence-electron chi connectivity index (χ4n) is 4.31. The minimum absolute atomic E-state index is 0.408. The van der Waals surface area contributed by atoms with Crippen LogP contribution in [0, 0.1) is 0 Å². The van der Waals surface area contributed by atoms with E-state index in [-0.39, 0.29) is 0 Å². The maximum Gasteiger partial charge on any atom is 0.0796 e. The molecule has 0 N–H and O–H groups in total. The average Bonchev–Trinajstić information content (AvgIpc) is 3.44. The number of nitrogens with zero attached hydrogens (tertiary/aromatic N) is 1. The summed E-state index contributed by atoms with van der Waals surface area (Å²) >= 11 is 0. The average molecular weight is 356 g/mol. The van der Waals surface area contributed by atoms with Gasteiger partial charge in [0.25, 0.3) is 0 Å². The molecule has 4 rings (SSSR count). The molecular weight excluding hydrogens is 326 g/mol. The Hall–Kier alpha value is -2.54. The van der Waals surface area contributed by atoms with Crippen molar-refractivity contribution in [3.63, 3.8) is 0 Å². The highest BCUT2D eigenvalue weighted by atomic mass is 15.4. The molecule has 27 heavy (non-hydrogen) atoms. The third-order valence-corrected chi connectivity index (χ3v) is 5.69. The lowest BCUT2D eigenvalue weighted by atomic mass is 9.92. The molecule has 1 nitrogen and oxygen atoms in total. The van der Waals surface area contributed by atoms with Gasteiger partial charge in [0.05, 0.1) is 12.1 Å². The van der Waals surface area contributed by atoms with E-state index in [9.17, 15) is 0 Å². The van der Waals surface area contributed by atoms with Crippen molar-refractivity contribution in [2.24, 2.45) is 0 Å². The fourth-order valence-corrected chi connectivity index (χ4v) is 4.31. The van der Waals surface area contributed by atoms with Crippen LogP contribution >= 0.6 is 0 Å². The van der Waals surface area contributed by atoms with E-state index in [4.69, 9.17) is 0 Å². The van der Waals surface area contributed by atoms with Crippen LogP contribution < -0.4 is 4.90 Å². The molecule has 1 heteroatoms. The largest absolute Gasteiger partial charge is 0.352 e. The van der Waals surface area contributed by atoms with E-state index in [0.717, 1.165) is 0 Å². The zero-order valence-electron chi connectivity index (χ0n) is 16.8. The van der Waals surface area contributed by atoms with E-state index in [1.165, 1.54) is 27.9 Å². The first-order valence-electron chi connectivity index (χ1n) is 10.1. The van der Waals surface area contributed by atoms with Crippen molar-refractivity contribution in [3.8, 4) is 0 Å². The third-order valence-electron chi connectivity index (χ3n) is 5.69. The van der Waals surface area contributed by atoms with Gasteiger partial charge >= 0.3 is 0 Å². The van der Waals surface area contributed by atoms with Gasteiger partial charge in [0.2, 0.25) is 0 Å². The van der Waals surface area contributed by atoms with Crippen LogP contribution in [0.3, 0.4) is 0 Å². The van der Waals surface area contributed by atoms with Crippen LogP contribution in [0.5, 0.6) is 0 Å². The van der Waals surface area contributed by atoms with Crippen LogP contribution in [0.25, 0.3) is 0 Å². The molecule has 0 bridgehead atoms. The van der Waals surface area contributed by atoms with E-state index in [0.29, 0.717) is 23.9 Å². The first-order valence-corrected chi connectivity index (χ1v) is 10.1. The van der Waals surface area contributed by atoms with E-state index in [1.54, 1.807) is 0 Å². The van der Waals surface area contributed by atoms with Gasteiger partial charge < -0.3 is 4.90 Å². The predicted molar refractivity (Wildman–Crippen MR) is 115 cm³/mol. The fraction of sp³-hybridized carbons (Fsp3) is 0.308. The van der Waals surface area contributed by atoms with Crippen LogP contribution in [0.15, 0.2) is 78.9 Å². The van der Waals surface area contributed by atoms with Crippen LogP contribution in [0.1, 0.15) is 73.9 Å². The van der Waals surface area contributed by atoms with Gasteiger partial charge in [0.1, 0.15) is 0 Å². The van der Waals surface area contributed by atoms with Gasteiger partial charge in [0, 0.05) is 5.69 Å². The molecule has 3 aromatic rings. The summed E-state index contributed by atoms with van der Waals surface area (Å²) in [6.07, 6.45) is 0. The van der Waals surface area contributed by atoms with E-state index in [1.807, 2.05) is 0 Å². The summed E-state index contributed by atoms with van der Waals surface area (Å²) < 4.78 is 0. The summed E-state index contributed by atoms with van der Waals surface area (Å²) in [6, 6.07) is 29.6. The standard InChI is InChI=1S/C26H29N/c1-18(2)22-16-11-17-23(19(3)4)26(22)27-24(20-12-7-5-8-13-20)25(27)21-14-9-6-10-15-21/h5-19,24-25H,1-4H3/t24-,25-/m0/s1. The zero-order chi connectivity index (χ0) is 19.0. The normalized spacial score (nSPS) is 19.0. The van der Waals surface area contributed by atoms with Crippen LogP contribution in [-0.2, 0) is 0 Å². The highest BCUT2D eigenvalue weighted by Crippen LogP contribution is 2.59. The molecule has 138 valence electrons. The maximum atomic E-state index is 2.65. The van der Waals surface area contributed by atoms with Gasteiger partial charge in [-0.1, -0.05) is 107 Å². The van der Waals surface area contributed by atoms with Crippen molar-refractivity contribution < 1.29 is 0 Å². The zero-order valence-corrected chi connectivity index (χ0v) is 16.8. The second-order valence-corrected chi connectivity index (χ2v) is 8.21. The minimum atomic E-state index is 0.408. The molecule has 1 aliphatic heterocycles. The Labute approximate surface area is 163 Å². The monoisotopic (exact) mass is 355 g/mol. The highest BCUT2D eigenvalue weighted by molar-refractivity contribution is 5.70. The van der Waals surface area contributed by atoms with Crippen LogP contribution in [0.2, 0.25) is 0 Å².